The van der Waals surface area contributed by atoms with E-state index in [1.807, 2.05) is 6.07 Å². The lowest BCUT2D eigenvalue weighted by atomic mass is 10.1. The van der Waals surface area contributed by atoms with Gasteiger partial charge in [0, 0.05) is 25.4 Å². The standard InChI is InChI=1S/C15H26N2O2/c1-4-6-14-10-13(12-16-7-5-2)11-15(17-14)19-9-8-18-3/h10-11,16H,4-9,12H2,1-3H3. The van der Waals surface area contributed by atoms with Gasteiger partial charge in [0.15, 0.2) is 0 Å². The maximum absolute atomic E-state index is 5.62. The number of nitrogens with one attached hydrogen (secondary N) is 1. The highest BCUT2D eigenvalue weighted by molar-refractivity contribution is 5.25. The zero-order valence-corrected chi connectivity index (χ0v) is 12.4. The number of hydrogen-bond acceptors (Lipinski definition) is 4. The Morgan fingerprint density at radius 3 is 2.68 bits per heavy atom. The zero-order valence-electron chi connectivity index (χ0n) is 12.4. The summed E-state index contributed by atoms with van der Waals surface area (Å²) in [4.78, 5) is 4.52. The number of rotatable bonds is 10. The summed E-state index contributed by atoms with van der Waals surface area (Å²) >= 11 is 0. The Kier molecular flexibility index (Phi) is 8.18. The molecule has 0 fully saturated rings. The molecule has 108 valence electrons. The molecular weight excluding hydrogens is 240 g/mol. The number of methoxy groups -OCH3 is 1. The Hall–Kier alpha value is -1.13. The molecule has 0 spiro atoms. The van der Waals surface area contributed by atoms with Crippen LogP contribution < -0.4 is 10.1 Å². The second kappa shape index (κ2) is 9.75. The second-order valence-electron chi connectivity index (χ2n) is 4.57. The highest BCUT2D eigenvalue weighted by Crippen LogP contribution is 2.14. The van der Waals surface area contributed by atoms with Crippen LogP contribution in [0.15, 0.2) is 12.1 Å². The summed E-state index contributed by atoms with van der Waals surface area (Å²) in [7, 11) is 1.67. The molecule has 4 nitrogen and oxygen atoms in total. The predicted octanol–water partition coefficient (Wildman–Crippen LogP) is 2.56. The first-order valence-electron chi connectivity index (χ1n) is 7.12. The lowest BCUT2D eigenvalue weighted by Crippen LogP contribution is -2.14. The first-order chi connectivity index (χ1) is 9.30. The van der Waals surface area contributed by atoms with Gasteiger partial charge >= 0.3 is 0 Å². The Labute approximate surface area is 116 Å². The van der Waals surface area contributed by atoms with Gasteiger partial charge < -0.3 is 14.8 Å². The lowest BCUT2D eigenvalue weighted by molar-refractivity contribution is 0.143. The van der Waals surface area contributed by atoms with Gasteiger partial charge in [-0.1, -0.05) is 20.3 Å². The molecule has 0 bridgehead atoms. The normalized spacial score (nSPS) is 10.7. The summed E-state index contributed by atoms with van der Waals surface area (Å²) in [5, 5.41) is 3.41. The van der Waals surface area contributed by atoms with E-state index in [9.17, 15) is 0 Å². The third-order valence-electron chi connectivity index (χ3n) is 2.71. The van der Waals surface area contributed by atoms with E-state index >= 15 is 0 Å². The minimum absolute atomic E-state index is 0.543. The maximum atomic E-state index is 5.62. The van der Waals surface area contributed by atoms with E-state index < -0.39 is 0 Å². The molecule has 0 atom stereocenters. The van der Waals surface area contributed by atoms with E-state index in [1.165, 1.54) is 5.56 Å². The van der Waals surface area contributed by atoms with Crippen LogP contribution in [0.2, 0.25) is 0 Å². The van der Waals surface area contributed by atoms with Crippen molar-refractivity contribution in [3.05, 3.63) is 23.4 Å². The van der Waals surface area contributed by atoms with E-state index in [2.05, 4.69) is 30.2 Å². The third-order valence-corrected chi connectivity index (χ3v) is 2.71. The van der Waals surface area contributed by atoms with Crippen LogP contribution in [0, 0.1) is 0 Å². The van der Waals surface area contributed by atoms with Gasteiger partial charge in [0.05, 0.1) is 6.61 Å². The monoisotopic (exact) mass is 266 g/mol. The van der Waals surface area contributed by atoms with Crippen LogP contribution >= 0.6 is 0 Å². The van der Waals surface area contributed by atoms with E-state index in [4.69, 9.17) is 9.47 Å². The number of aryl methyl sites for hydroxylation is 1. The molecular formula is C15H26N2O2. The Balaban J connectivity index is 2.66. The fraction of sp³-hybridized carbons (Fsp3) is 0.667. The lowest BCUT2D eigenvalue weighted by Gasteiger charge is -2.10. The van der Waals surface area contributed by atoms with Crippen molar-refractivity contribution in [3.63, 3.8) is 0 Å². The van der Waals surface area contributed by atoms with Crippen molar-refractivity contribution < 1.29 is 9.47 Å². The molecule has 0 aliphatic heterocycles. The molecule has 4 heteroatoms. The fourth-order valence-corrected chi connectivity index (χ4v) is 1.82. The largest absolute Gasteiger partial charge is 0.475 e. The molecule has 0 aromatic carbocycles. The molecule has 0 unspecified atom stereocenters. The van der Waals surface area contributed by atoms with Crippen LogP contribution in [0.4, 0.5) is 0 Å². The molecule has 0 saturated carbocycles. The van der Waals surface area contributed by atoms with E-state index in [-0.39, 0.29) is 0 Å². The van der Waals surface area contributed by atoms with Crippen LogP contribution in [0.5, 0.6) is 5.88 Å². The molecule has 1 rings (SSSR count). The van der Waals surface area contributed by atoms with Crippen LogP contribution in [-0.2, 0) is 17.7 Å². The molecule has 1 aromatic rings. The van der Waals surface area contributed by atoms with E-state index in [0.29, 0.717) is 19.1 Å². The Morgan fingerprint density at radius 2 is 2.00 bits per heavy atom. The van der Waals surface area contributed by atoms with Crippen LogP contribution in [0.25, 0.3) is 0 Å². The molecule has 0 saturated heterocycles. The summed E-state index contributed by atoms with van der Waals surface area (Å²) in [6.07, 6.45) is 3.22. The van der Waals surface area contributed by atoms with Gasteiger partial charge in [-0.05, 0) is 31.0 Å². The molecule has 1 aromatic heterocycles. The van der Waals surface area contributed by atoms with Gasteiger partial charge in [-0.2, -0.15) is 0 Å². The van der Waals surface area contributed by atoms with Crippen molar-refractivity contribution in [2.24, 2.45) is 0 Å². The Bertz CT molecular complexity index is 328. The molecule has 1 heterocycles. The summed E-state index contributed by atoms with van der Waals surface area (Å²) in [6, 6.07) is 4.17. The second-order valence-corrected chi connectivity index (χ2v) is 4.57. The summed E-state index contributed by atoms with van der Waals surface area (Å²) < 4.78 is 10.6. The highest BCUT2D eigenvalue weighted by atomic mass is 16.5. The van der Waals surface area contributed by atoms with Gasteiger partial charge in [-0.3, -0.25) is 0 Å². The quantitative estimate of drug-likeness (QED) is 0.661. The number of hydrogen-bond donors (Lipinski definition) is 1. The first kappa shape index (κ1) is 15.9. The molecule has 0 aliphatic carbocycles. The van der Waals surface area contributed by atoms with Crippen molar-refractivity contribution in [2.75, 3.05) is 26.9 Å². The van der Waals surface area contributed by atoms with Gasteiger partial charge in [0.1, 0.15) is 6.61 Å². The van der Waals surface area contributed by atoms with Gasteiger partial charge in [0.25, 0.3) is 0 Å². The van der Waals surface area contributed by atoms with Crippen LogP contribution in [0.3, 0.4) is 0 Å². The van der Waals surface area contributed by atoms with Crippen molar-refractivity contribution in [3.8, 4) is 5.88 Å². The zero-order chi connectivity index (χ0) is 13.9. The number of pyridine rings is 1. The van der Waals surface area contributed by atoms with Crippen molar-refractivity contribution in [1.82, 2.24) is 10.3 Å². The van der Waals surface area contributed by atoms with Gasteiger partial charge in [-0.15, -0.1) is 0 Å². The minimum atomic E-state index is 0.543. The summed E-state index contributed by atoms with van der Waals surface area (Å²) in [6.45, 7) is 7.36. The van der Waals surface area contributed by atoms with Crippen molar-refractivity contribution in [2.45, 2.75) is 39.7 Å². The third kappa shape index (κ3) is 6.55. The van der Waals surface area contributed by atoms with Crippen LogP contribution in [-0.4, -0.2) is 31.9 Å². The maximum Gasteiger partial charge on any atom is 0.213 e. The topological polar surface area (TPSA) is 43.4 Å². The Morgan fingerprint density at radius 1 is 1.16 bits per heavy atom. The first-order valence-corrected chi connectivity index (χ1v) is 7.12. The SMILES string of the molecule is CCCNCc1cc(CCC)nc(OCCOC)c1. The molecule has 1 N–H and O–H groups in total. The van der Waals surface area contributed by atoms with E-state index in [1.54, 1.807) is 7.11 Å². The summed E-state index contributed by atoms with van der Waals surface area (Å²) in [5.74, 6) is 0.705. The fourth-order valence-electron chi connectivity index (χ4n) is 1.82. The van der Waals surface area contributed by atoms with Gasteiger partial charge in [0.2, 0.25) is 5.88 Å². The smallest absolute Gasteiger partial charge is 0.213 e. The number of ether oxygens (including phenoxy) is 2. The predicted molar refractivity (Wildman–Crippen MR) is 77.6 cm³/mol. The summed E-state index contributed by atoms with van der Waals surface area (Å²) in [5.41, 5.74) is 2.34. The highest BCUT2D eigenvalue weighted by Gasteiger charge is 2.03. The molecule has 0 aliphatic rings. The van der Waals surface area contributed by atoms with Gasteiger partial charge in [-0.25, -0.2) is 4.98 Å². The van der Waals surface area contributed by atoms with E-state index in [0.717, 1.165) is 38.0 Å². The average Bonchev–Trinajstić information content (AvgIpc) is 2.40. The van der Waals surface area contributed by atoms with Crippen molar-refractivity contribution in [1.29, 1.82) is 0 Å². The number of aromatic nitrogens is 1. The van der Waals surface area contributed by atoms with Crippen molar-refractivity contribution >= 4 is 0 Å². The number of nitrogens with zero attached hydrogens (tertiary/aromatic N) is 1. The molecule has 0 amide bonds. The molecule has 19 heavy (non-hydrogen) atoms. The molecule has 0 radical (unpaired) electrons. The minimum Gasteiger partial charge on any atom is -0.475 e. The van der Waals surface area contributed by atoms with Crippen LogP contribution in [0.1, 0.15) is 37.9 Å². The average molecular weight is 266 g/mol.